The van der Waals surface area contributed by atoms with E-state index >= 15 is 0 Å². The Labute approximate surface area is 105 Å². The minimum Gasteiger partial charge on any atom is -0.341 e. The third kappa shape index (κ3) is 4.91. The number of thioether (sulfide) groups is 1. The third-order valence-electron chi connectivity index (χ3n) is 2.23. The monoisotopic (exact) mass is 252 g/mol. The minimum absolute atomic E-state index is 0.275. The van der Waals surface area contributed by atoms with Crippen molar-refractivity contribution in [1.29, 1.82) is 0 Å². The maximum Gasteiger partial charge on any atom is 0.321 e. The van der Waals surface area contributed by atoms with Gasteiger partial charge in [0.25, 0.3) is 0 Å². The van der Waals surface area contributed by atoms with Crippen molar-refractivity contribution in [2.75, 3.05) is 12.8 Å². The molecule has 0 saturated carbocycles. The van der Waals surface area contributed by atoms with Gasteiger partial charge in [0.15, 0.2) is 0 Å². The summed E-state index contributed by atoms with van der Waals surface area (Å²) in [5.41, 5.74) is 2.43. The zero-order valence-corrected chi connectivity index (χ0v) is 10.8. The molecule has 1 rings (SSSR count). The second kappa shape index (κ2) is 6.96. The Balaban J connectivity index is 2.31. The smallest absolute Gasteiger partial charge is 0.321 e. The maximum atomic E-state index is 11.3. The van der Waals surface area contributed by atoms with Gasteiger partial charge in [-0.1, -0.05) is 24.3 Å². The zero-order valence-electron chi connectivity index (χ0n) is 9.95. The van der Waals surface area contributed by atoms with Crippen LogP contribution in [-0.2, 0) is 10.5 Å². The van der Waals surface area contributed by atoms with E-state index in [4.69, 9.17) is 0 Å². The predicted octanol–water partition coefficient (Wildman–Crippen LogP) is 1.68. The van der Waals surface area contributed by atoms with Gasteiger partial charge in [0, 0.05) is 12.8 Å². The maximum absolute atomic E-state index is 11.3. The molecule has 0 fully saturated rings. The fourth-order valence-electron chi connectivity index (χ4n) is 1.25. The van der Waals surface area contributed by atoms with Gasteiger partial charge >= 0.3 is 6.03 Å². The van der Waals surface area contributed by atoms with Crippen molar-refractivity contribution in [1.82, 2.24) is 10.6 Å². The van der Waals surface area contributed by atoms with Crippen molar-refractivity contribution in [3.05, 3.63) is 35.4 Å². The van der Waals surface area contributed by atoms with E-state index in [1.54, 1.807) is 0 Å². The zero-order chi connectivity index (χ0) is 12.7. The van der Waals surface area contributed by atoms with Gasteiger partial charge in [-0.15, -0.1) is 11.8 Å². The van der Waals surface area contributed by atoms with Crippen LogP contribution in [0.3, 0.4) is 0 Å². The molecular weight excluding hydrogens is 236 g/mol. The molecule has 92 valence electrons. The Morgan fingerprint density at radius 1 is 1.29 bits per heavy atom. The molecule has 0 bridgehead atoms. The van der Waals surface area contributed by atoms with Gasteiger partial charge in [0.05, 0.1) is 5.75 Å². The quantitative estimate of drug-likeness (QED) is 0.857. The van der Waals surface area contributed by atoms with Crippen molar-refractivity contribution in [2.24, 2.45) is 0 Å². The second-order valence-corrected chi connectivity index (χ2v) is 4.53. The number of carbonyl (C=O) groups excluding carboxylic acids is 2. The lowest BCUT2D eigenvalue weighted by atomic mass is 10.1. The van der Waals surface area contributed by atoms with Crippen molar-refractivity contribution in [2.45, 2.75) is 12.7 Å². The van der Waals surface area contributed by atoms with E-state index in [-0.39, 0.29) is 11.7 Å². The van der Waals surface area contributed by atoms with Crippen molar-refractivity contribution in [3.63, 3.8) is 0 Å². The predicted molar refractivity (Wildman–Crippen MR) is 69.9 cm³/mol. The lowest BCUT2D eigenvalue weighted by Crippen LogP contribution is -2.38. The minimum atomic E-state index is -0.466. The lowest BCUT2D eigenvalue weighted by molar-refractivity contribution is -0.117. The van der Waals surface area contributed by atoms with Crippen LogP contribution in [0, 0.1) is 6.92 Å². The normalized spacial score (nSPS) is 9.76. The highest BCUT2D eigenvalue weighted by Gasteiger charge is 2.06. The molecule has 0 aliphatic carbocycles. The van der Waals surface area contributed by atoms with Gasteiger partial charge in [-0.05, 0) is 18.1 Å². The number of benzene rings is 1. The van der Waals surface area contributed by atoms with Crippen molar-refractivity contribution >= 4 is 23.7 Å². The number of imide groups is 1. The van der Waals surface area contributed by atoms with E-state index < -0.39 is 6.03 Å². The van der Waals surface area contributed by atoms with Gasteiger partial charge in [-0.25, -0.2) is 4.79 Å². The summed E-state index contributed by atoms with van der Waals surface area (Å²) in [5.74, 6) is 0.776. The van der Waals surface area contributed by atoms with E-state index in [2.05, 4.69) is 10.6 Å². The summed E-state index contributed by atoms with van der Waals surface area (Å²) in [6.07, 6.45) is 0. The highest BCUT2D eigenvalue weighted by molar-refractivity contribution is 7.99. The second-order valence-electron chi connectivity index (χ2n) is 3.55. The molecule has 0 aromatic heterocycles. The Bertz CT molecular complexity index is 407. The molecule has 17 heavy (non-hydrogen) atoms. The molecule has 2 N–H and O–H groups in total. The molecule has 0 heterocycles. The Hall–Kier alpha value is -1.49. The molecule has 0 saturated heterocycles. The topological polar surface area (TPSA) is 58.2 Å². The molecule has 0 aliphatic rings. The molecule has 1 aromatic rings. The van der Waals surface area contributed by atoms with Crippen LogP contribution in [0.25, 0.3) is 0 Å². The van der Waals surface area contributed by atoms with Crippen LogP contribution in [-0.4, -0.2) is 24.7 Å². The highest BCUT2D eigenvalue weighted by atomic mass is 32.2. The van der Waals surface area contributed by atoms with Crippen LogP contribution in [0.5, 0.6) is 0 Å². The van der Waals surface area contributed by atoms with E-state index in [0.717, 1.165) is 5.75 Å². The molecule has 1 aromatic carbocycles. The number of hydrogen-bond acceptors (Lipinski definition) is 3. The summed E-state index contributed by atoms with van der Waals surface area (Å²) in [4.78, 5) is 22.2. The molecule has 0 unspecified atom stereocenters. The summed E-state index contributed by atoms with van der Waals surface area (Å²) in [7, 11) is 1.48. The fourth-order valence-corrected chi connectivity index (χ4v) is 2.15. The number of urea groups is 1. The van der Waals surface area contributed by atoms with E-state index in [0.29, 0.717) is 0 Å². The van der Waals surface area contributed by atoms with Gasteiger partial charge in [-0.2, -0.15) is 0 Å². The Kier molecular flexibility index (Phi) is 5.56. The number of carbonyl (C=O) groups is 2. The molecule has 0 spiro atoms. The molecule has 0 aliphatic heterocycles. The first kappa shape index (κ1) is 13.6. The number of amides is 3. The van der Waals surface area contributed by atoms with E-state index in [1.807, 2.05) is 31.2 Å². The first-order valence-corrected chi connectivity index (χ1v) is 6.42. The SMILES string of the molecule is CNC(=O)NC(=O)CSCc1ccccc1C. The van der Waals surface area contributed by atoms with Crippen LogP contribution < -0.4 is 10.6 Å². The van der Waals surface area contributed by atoms with Crippen LogP contribution in [0.4, 0.5) is 4.79 Å². The summed E-state index contributed by atoms with van der Waals surface area (Å²) < 4.78 is 0. The summed E-state index contributed by atoms with van der Waals surface area (Å²) in [6, 6.07) is 7.58. The number of nitrogens with one attached hydrogen (secondary N) is 2. The molecule has 3 amide bonds. The van der Waals surface area contributed by atoms with Crippen molar-refractivity contribution < 1.29 is 9.59 Å². The lowest BCUT2D eigenvalue weighted by Gasteiger charge is -2.05. The fraction of sp³-hybridized carbons (Fsp3) is 0.333. The number of rotatable bonds is 4. The van der Waals surface area contributed by atoms with Crippen LogP contribution in [0.2, 0.25) is 0 Å². The largest absolute Gasteiger partial charge is 0.341 e. The number of aryl methyl sites for hydroxylation is 1. The van der Waals surface area contributed by atoms with Crippen LogP contribution in [0.1, 0.15) is 11.1 Å². The summed E-state index contributed by atoms with van der Waals surface area (Å²) in [5, 5.41) is 4.55. The van der Waals surface area contributed by atoms with E-state index in [1.165, 1.54) is 29.9 Å². The molecular formula is C12H16N2O2S. The first-order chi connectivity index (χ1) is 8.13. The molecule has 5 heteroatoms. The van der Waals surface area contributed by atoms with Gasteiger partial charge in [0.2, 0.25) is 5.91 Å². The van der Waals surface area contributed by atoms with Gasteiger partial charge in [-0.3, -0.25) is 10.1 Å². The Morgan fingerprint density at radius 3 is 2.65 bits per heavy atom. The van der Waals surface area contributed by atoms with Crippen LogP contribution in [0.15, 0.2) is 24.3 Å². The number of hydrogen-bond donors (Lipinski definition) is 2. The standard InChI is InChI=1S/C12H16N2O2S/c1-9-5-3-4-6-10(9)7-17-8-11(15)14-12(16)13-2/h3-6H,7-8H2,1-2H3,(H2,13,14,15,16). The summed E-state index contributed by atoms with van der Waals surface area (Å²) in [6.45, 7) is 2.04. The van der Waals surface area contributed by atoms with Crippen LogP contribution >= 0.6 is 11.8 Å². The van der Waals surface area contributed by atoms with E-state index in [9.17, 15) is 9.59 Å². The average molecular weight is 252 g/mol. The molecule has 4 nitrogen and oxygen atoms in total. The van der Waals surface area contributed by atoms with Gasteiger partial charge < -0.3 is 5.32 Å². The third-order valence-corrected chi connectivity index (χ3v) is 3.21. The molecule has 0 atom stereocenters. The average Bonchev–Trinajstić information content (AvgIpc) is 2.31. The van der Waals surface area contributed by atoms with Crippen molar-refractivity contribution in [3.8, 4) is 0 Å². The molecule has 0 radical (unpaired) electrons. The first-order valence-electron chi connectivity index (χ1n) is 5.27. The summed E-state index contributed by atoms with van der Waals surface area (Å²) >= 11 is 1.49. The highest BCUT2D eigenvalue weighted by Crippen LogP contribution is 2.15. The Morgan fingerprint density at radius 2 is 2.00 bits per heavy atom. The van der Waals surface area contributed by atoms with Gasteiger partial charge in [0.1, 0.15) is 0 Å².